The van der Waals surface area contributed by atoms with Crippen LogP contribution in [0, 0.1) is 0 Å². The van der Waals surface area contributed by atoms with Gasteiger partial charge in [0, 0.05) is 46.4 Å². The molecule has 0 aliphatic carbocycles. The van der Waals surface area contributed by atoms with Crippen molar-refractivity contribution in [3.63, 3.8) is 0 Å². The van der Waals surface area contributed by atoms with Gasteiger partial charge in [-0.05, 0) is 20.3 Å². The average molecular weight is 316 g/mol. The Balaban J connectivity index is 2.40. The smallest absolute Gasteiger partial charge is 0.191 e. The highest BCUT2D eigenvalue weighted by molar-refractivity contribution is 5.79. The molecule has 0 amide bonds. The predicted octanol–water partition coefficient (Wildman–Crippen LogP) is -0.339. The molecule has 0 radical (unpaired) electrons. The maximum absolute atomic E-state index is 10.5. The van der Waals surface area contributed by atoms with E-state index in [-0.39, 0.29) is 0 Å². The first-order chi connectivity index (χ1) is 10.6. The third kappa shape index (κ3) is 8.53. The molecule has 0 spiro atoms. The van der Waals surface area contributed by atoms with Crippen molar-refractivity contribution in [2.45, 2.75) is 25.9 Å². The van der Waals surface area contributed by atoms with Crippen LogP contribution in [0.3, 0.4) is 0 Å². The van der Waals surface area contributed by atoms with E-state index < -0.39 is 5.60 Å². The Morgan fingerprint density at radius 3 is 2.73 bits per heavy atom. The van der Waals surface area contributed by atoms with Gasteiger partial charge in [0.05, 0.1) is 25.4 Å². The molecule has 0 aromatic carbocycles. The number of guanidine groups is 1. The van der Waals surface area contributed by atoms with Crippen LogP contribution in [-0.4, -0.2) is 87.8 Å². The van der Waals surface area contributed by atoms with Gasteiger partial charge in [0.15, 0.2) is 5.96 Å². The van der Waals surface area contributed by atoms with Gasteiger partial charge in [-0.1, -0.05) is 0 Å². The van der Waals surface area contributed by atoms with Gasteiger partial charge in [0.2, 0.25) is 0 Å². The van der Waals surface area contributed by atoms with E-state index in [4.69, 9.17) is 9.47 Å². The summed E-state index contributed by atoms with van der Waals surface area (Å²) in [4.78, 5) is 6.71. The maximum atomic E-state index is 10.5. The molecule has 1 aliphatic heterocycles. The lowest BCUT2D eigenvalue weighted by molar-refractivity contribution is -0.0180. The second kappa shape index (κ2) is 10.8. The SMILES string of the molecule is CCNC(=NCC(C)(O)CN1CCOCC1)NCCCOC. The zero-order chi connectivity index (χ0) is 16.3. The summed E-state index contributed by atoms with van der Waals surface area (Å²) in [5, 5.41) is 17.0. The number of aliphatic hydroxyl groups is 1. The van der Waals surface area contributed by atoms with E-state index in [0.29, 0.717) is 13.1 Å². The number of β-amino-alcohol motifs (C(OH)–C–C–N with tert-alkyl or cyclic N) is 1. The number of methoxy groups -OCH3 is 1. The molecule has 7 nitrogen and oxygen atoms in total. The van der Waals surface area contributed by atoms with Crippen molar-refractivity contribution in [2.75, 3.05) is 66.2 Å². The van der Waals surface area contributed by atoms with E-state index in [2.05, 4.69) is 20.5 Å². The fourth-order valence-electron chi connectivity index (χ4n) is 2.31. The molecule has 0 aromatic heterocycles. The number of rotatable bonds is 9. The van der Waals surface area contributed by atoms with Crippen LogP contribution in [0.2, 0.25) is 0 Å². The van der Waals surface area contributed by atoms with E-state index in [1.165, 1.54) is 0 Å². The van der Waals surface area contributed by atoms with E-state index in [1.807, 2.05) is 13.8 Å². The number of ether oxygens (including phenoxy) is 2. The molecule has 1 rings (SSSR count). The number of aliphatic imine (C=N–C) groups is 1. The minimum absolute atomic E-state index is 0.365. The lowest BCUT2D eigenvalue weighted by atomic mass is 10.1. The Morgan fingerprint density at radius 1 is 1.36 bits per heavy atom. The maximum Gasteiger partial charge on any atom is 0.191 e. The predicted molar refractivity (Wildman–Crippen MR) is 88.4 cm³/mol. The lowest BCUT2D eigenvalue weighted by Gasteiger charge is -2.33. The number of hydrogen-bond acceptors (Lipinski definition) is 5. The highest BCUT2D eigenvalue weighted by atomic mass is 16.5. The topological polar surface area (TPSA) is 78.4 Å². The minimum Gasteiger partial charge on any atom is -0.387 e. The Hall–Kier alpha value is -0.890. The molecular formula is C15H32N4O3. The van der Waals surface area contributed by atoms with Crippen molar-refractivity contribution >= 4 is 5.96 Å². The fourth-order valence-corrected chi connectivity index (χ4v) is 2.31. The second-order valence-electron chi connectivity index (χ2n) is 5.85. The molecule has 3 N–H and O–H groups in total. The van der Waals surface area contributed by atoms with Gasteiger partial charge in [0.1, 0.15) is 0 Å². The summed E-state index contributed by atoms with van der Waals surface area (Å²) in [5.74, 6) is 0.737. The van der Waals surface area contributed by atoms with Crippen LogP contribution >= 0.6 is 0 Å². The number of nitrogens with zero attached hydrogens (tertiary/aromatic N) is 2. The molecule has 22 heavy (non-hydrogen) atoms. The number of hydrogen-bond donors (Lipinski definition) is 3. The van der Waals surface area contributed by atoms with Crippen molar-refractivity contribution in [3.05, 3.63) is 0 Å². The third-order valence-electron chi connectivity index (χ3n) is 3.41. The molecule has 0 bridgehead atoms. The van der Waals surface area contributed by atoms with Crippen molar-refractivity contribution in [1.82, 2.24) is 15.5 Å². The summed E-state index contributed by atoms with van der Waals surface area (Å²) >= 11 is 0. The summed E-state index contributed by atoms with van der Waals surface area (Å²) in [6.07, 6.45) is 0.922. The quantitative estimate of drug-likeness (QED) is 0.307. The van der Waals surface area contributed by atoms with Gasteiger partial charge in [-0.2, -0.15) is 0 Å². The van der Waals surface area contributed by atoms with Crippen molar-refractivity contribution < 1.29 is 14.6 Å². The largest absolute Gasteiger partial charge is 0.387 e. The Bertz CT molecular complexity index is 318. The number of morpholine rings is 1. The van der Waals surface area contributed by atoms with Crippen molar-refractivity contribution in [2.24, 2.45) is 4.99 Å². The molecule has 0 aromatic rings. The molecule has 1 fully saturated rings. The number of nitrogens with one attached hydrogen (secondary N) is 2. The molecule has 1 unspecified atom stereocenters. The van der Waals surface area contributed by atoms with E-state index in [0.717, 1.165) is 58.4 Å². The third-order valence-corrected chi connectivity index (χ3v) is 3.41. The molecule has 1 saturated heterocycles. The van der Waals surface area contributed by atoms with Crippen LogP contribution in [0.15, 0.2) is 4.99 Å². The van der Waals surface area contributed by atoms with E-state index >= 15 is 0 Å². The van der Waals surface area contributed by atoms with E-state index in [1.54, 1.807) is 7.11 Å². The Morgan fingerprint density at radius 2 is 2.09 bits per heavy atom. The molecule has 1 atom stereocenters. The van der Waals surface area contributed by atoms with Gasteiger partial charge >= 0.3 is 0 Å². The van der Waals surface area contributed by atoms with Crippen molar-refractivity contribution in [3.8, 4) is 0 Å². The summed E-state index contributed by atoms with van der Waals surface area (Å²) in [6, 6.07) is 0. The van der Waals surface area contributed by atoms with Crippen molar-refractivity contribution in [1.29, 1.82) is 0 Å². The minimum atomic E-state index is -0.841. The van der Waals surface area contributed by atoms with Gasteiger partial charge in [-0.25, -0.2) is 0 Å². The first kappa shape index (κ1) is 19.2. The molecule has 7 heteroatoms. The first-order valence-electron chi connectivity index (χ1n) is 8.11. The molecule has 1 aliphatic rings. The summed E-state index contributed by atoms with van der Waals surface area (Å²) < 4.78 is 10.4. The normalized spacial score (nSPS) is 19.7. The zero-order valence-electron chi connectivity index (χ0n) is 14.2. The first-order valence-corrected chi connectivity index (χ1v) is 8.11. The van der Waals surface area contributed by atoms with Gasteiger partial charge < -0.3 is 25.2 Å². The molecule has 0 saturated carbocycles. The van der Waals surface area contributed by atoms with Crippen LogP contribution in [-0.2, 0) is 9.47 Å². The van der Waals surface area contributed by atoms with Gasteiger partial charge in [-0.3, -0.25) is 9.89 Å². The second-order valence-corrected chi connectivity index (χ2v) is 5.85. The van der Waals surface area contributed by atoms with Crippen LogP contribution in [0.4, 0.5) is 0 Å². The van der Waals surface area contributed by atoms with Crippen LogP contribution < -0.4 is 10.6 Å². The van der Waals surface area contributed by atoms with Crippen LogP contribution in [0.25, 0.3) is 0 Å². The molecular weight excluding hydrogens is 284 g/mol. The van der Waals surface area contributed by atoms with E-state index in [9.17, 15) is 5.11 Å². The fraction of sp³-hybridized carbons (Fsp3) is 0.933. The summed E-state index contributed by atoms with van der Waals surface area (Å²) in [7, 11) is 1.70. The van der Waals surface area contributed by atoms with Gasteiger partial charge in [0.25, 0.3) is 0 Å². The standard InChI is InChI=1S/C15H32N4O3/c1-4-16-14(17-6-5-9-21-3)18-12-15(2,20)13-19-7-10-22-11-8-19/h20H,4-13H2,1-3H3,(H2,16,17,18). The Labute approximate surface area is 134 Å². The van der Waals surface area contributed by atoms with Crippen LogP contribution in [0.5, 0.6) is 0 Å². The highest BCUT2D eigenvalue weighted by Gasteiger charge is 2.25. The van der Waals surface area contributed by atoms with Gasteiger partial charge in [-0.15, -0.1) is 0 Å². The van der Waals surface area contributed by atoms with Crippen LogP contribution in [0.1, 0.15) is 20.3 Å². The monoisotopic (exact) mass is 316 g/mol. The highest BCUT2D eigenvalue weighted by Crippen LogP contribution is 2.09. The summed E-state index contributed by atoms with van der Waals surface area (Å²) in [5.41, 5.74) is -0.841. The Kier molecular flexibility index (Phi) is 9.38. The average Bonchev–Trinajstić information content (AvgIpc) is 2.49. The molecule has 130 valence electrons. The molecule has 1 heterocycles. The zero-order valence-corrected chi connectivity index (χ0v) is 14.2. The lowest BCUT2D eigenvalue weighted by Crippen LogP contribution is -2.48. The summed E-state index contributed by atoms with van der Waals surface area (Å²) in [6.45, 7) is 10.4.